The third-order valence-electron chi connectivity index (χ3n) is 5.12. The predicted octanol–water partition coefficient (Wildman–Crippen LogP) is 5.87. The number of hydrogen-bond acceptors (Lipinski definition) is 5. The molecule has 0 aliphatic carbocycles. The van der Waals surface area contributed by atoms with Crippen LogP contribution in [0.25, 0.3) is 11.4 Å². The van der Waals surface area contributed by atoms with Crippen LogP contribution in [-0.4, -0.2) is 29.5 Å². The van der Waals surface area contributed by atoms with E-state index in [0.29, 0.717) is 6.42 Å². The molecule has 0 saturated carbocycles. The SMILES string of the molecule is CCCCCCCCOc1ccc(-c2noc([C@@H]3CC(F)CN3)n2)cc1C(F)(F)F. The van der Waals surface area contributed by atoms with E-state index in [4.69, 9.17) is 9.26 Å². The molecular formula is C21H27F4N3O2. The van der Waals surface area contributed by atoms with Gasteiger partial charge in [0.1, 0.15) is 11.9 Å². The van der Waals surface area contributed by atoms with Gasteiger partial charge in [-0.05, 0) is 24.6 Å². The minimum absolute atomic E-state index is 0.0297. The summed E-state index contributed by atoms with van der Waals surface area (Å²) < 4.78 is 64.5. The normalized spacial score (nSPS) is 19.4. The molecule has 166 valence electrons. The van der Waals surface area contributed by atoms with E-state index in [-0.39, 0.29) is 42.6 Å². The largest absolute Gasteiger partial charge is 0.493 e. The zero-order valence-electron chi connectivity index (χ0n) is 17.0. The van der Waals surface area contributed by atoms with Crippen LogP contribution in [0.5, 0.6) is 5.75 Å². The molecule has 1 aliphatic rings. The molecule has 0 bridgehead atoms. The number of aromatic nitrogens is 2. The Hall–Kier alpha value is -2.16. The topological polar surface area (TPSA) is 60.2 Å². The van der Waals surface area contributed by atoms with Crippen LogP contribution in [0.3, 0.4) is 0 Å². The quantitative estimate of drug-likeness (QED) is 0.378. The number of nitrogens with one attached hydrogen (secondary N) is 1. The van der Waals surface area contributed by atoms with Crippen LogP contribution in [0.15, 0.2) is 22.7 Å². The zero-order chi connectivity index (χ0) is 21.6. The van der Waals surface area contributed by atoms with Gasteiger partial charge >= 0.3 is 6.18 Å². The van der Waals surface area contributed by atoms with Crippen molar-refractivity contribution in [3.8, 4) is 17.1 Å². The number of ether oxygens (including phenoxy) is 1. The molecular weight excluding hydrogens is 402 g/mol. The third-order valence-corrected chi connectivity index (χ3v) is 5.12. The van der Waals surface area contributed by atoms with Crippen molar-refractivity contribution in [2.45, 2.75) is 70.3 Å². The zero-order valence-corrected chi connectivity index (χ0v) is 17.0. The summed E-state index contributed by atoms with van der Waals surface area (Å²) in [5.74, 6) is -0.00884. The second-order valence-electron chi connectivity index (χ2n) is 7.57. The number of hydrogen-bond donors (Lipinski definition) is 1. The first-order chi connectivity index (χ1) is 14.4. The number of halogens is 4. The average molecular weight is 429 g/mol. The van der Waals surface area contributed by atoms with Crippen molar-refractivity contribution in [1.29, 1.82) is 0 Å². The van der Waals surface area contributed by atoms with Crippen molar-refractivity contribution < 1.29 is 26.8 Å². The fourth-order valence-corrected chi connectivity index (χ4v) is 3.46. The molecule has 9 heteroatoms. The van der Waals surface area contributed by atoms with Crippen LogP contribution in [0.2, 0.25) is 0 Å². The van der Waals surface area contributed by atoms with Crippen LogP contribution in [-0.2, 0) is 6.18 Å². The van der Waals surface area contributed by atoms with Crippen molar-refractivity contribution in [1.82, 2.24) is 15.5 Å². The summed E-state index contributed by atoms with van der Waals surface area (Å²) in [6, 6.07) is 3.30. The Kier molecular flexibility index (Phi) is 7.69. The number of unbranched alkanes of at least 4 members (excludes halogenated alkanes) is 5. The van der Waals surface area contributed by atoms with Crippen LogP contribution in [0.4, 0.5) is 17.6 Å². The predicted molar refractivity (Wildman–Crippen MR) is 104 cm³/mol. The van der Waals surface area contributed by atoms with Gasteiger partial charge in [0, 0.05) is 18.5 Å². The first kappa shape index (κ1) is 22.5. The van der Waals surface area contributed by atoms with Gasteiger partial charge in [-0.1, -0.05) is 44.2 Å². The summed E-state index contributed by atoms with van der Waals surface area (Å²) in [6.07, 6.45) is 0.756. The lowest BCUT2D eigenvalue weighted by atomic mass is 10.1. The first-order valence-corrected chi connectivity index (χ1v) is 10.4. The number of nitrogens with zero attached hydrogens (tertiary/aromatic N) is 2. The van der Waals surface area contributed by atoms with Crippen LogP contribution < -0.4 is 10.1 Å². The standard InChI is InChI=1S/C21H27F4N3O2/c1-2-3-4-5-6-7-10-29-18-9-8-14(11-16(18)21(23,24)25)19-27-20(30-28-19)17-12-15(22)13-26-17/h8-9,11,15,17,26H,2-7,10,12-13H2,1H3/t15?,17-/m0/s1. The second kappa shape index (κ2) is 10.2. The lowest BCUT2D eigenvalue weighted by Gasteiger charge is -2.14. The number of alkyl halides is 4. The minimum atomic E-state index is -4.58. The molecule has 3 rings (SSSR count). The van der Waals surface area contributed by atoms with Gasteiger partial charge in [0.15, 0.2) is 0 Å². The highest BCUT2D eigenvalue weighted by Crippen LogP contribution is 2.38. The monoisotopic (exact) mass is 429 g/mol. The van der Waals surface area contributed by atoms with Crippen molar-refractivity contribution in [3.05, 3.63) is 29.7 Å². The second-order valence-corrected chi connectivity index (χ2v) is 7.57. The summed E-state index contributed by atoms with van der Waals surface area (Å²) in [7, 11) is 0. The lowest BCUT2D eigenvalue weighted by molar-refractivity contribution is -0.138. The lowest BCUT2D eigenvalue weighted by Crippen LogP contribution is -2.14. The highest BCUT2D eigenvalue weighted by atomic mass is 19.4. The maximum Gasteiger partial charge on any atom is 0.419 e. The minimum Gasteiger partial charge on any atom is -0.493 e. The molecule has 0 radical (unpaired) electrons. The van der Waals surface area contributed by atoms with E-state index in [1.165, 1.54) is 18.6 Å². The Bertz CT molecular complexity index is 810. The Labute approximate surface area is 173 Å². The van der Waals surface area contributed by atoms with Crippen molar-refractivity contribution in [2.75, 3.05) is 13.2 Å². The maximum absolute atomic E-state index is 13.6. The van der Waals surface area contributed by atoms with Crippen LogP contribution in [0, 0.1) is 0 Å². The molecule has 1 N–H and O–H groups in total. The van der Waals surface area contributed by atoms with Gasteiger partial charge in [-0.15, -0.1) is 0 Å². The van der Waals surface area contributed by atoms with E-state index >= 15 is 0 Å². The summed E-state index contributed by atoms with van der Waals surface area (Å²) in [5, 5.41) is 6.67. The average Bonchev–Trinajstić information content (AvgIpc) is 3.36. The van der Waals surface area contributed by atoms with Gasteiger partial charge in [-0.3, -0.25) is 0 Å². The number of rotatable bonds is 10. The summed E-state index contributed by atoms with van der Waals surface area (Å²) >= 11 is 0. The molecule has 1 aromatic heterocycles. The molecule has 5 nitrogen and oxygen atoms in total. The fourth-order valence-electron chi connectivity index (χ4n) is 3.46. The highest BCUT2D eigenvalue weighted by Gasteiger charge is 2.35. The third kappa shape index (κ3) is 5.93. The van der Waals surface area contributed by atoms with E-state index in [2.05, 4.69) is 22.4 Å². The Morgan fingerprint density at radius 2 is 1.93 bits per heavy atom. The van der Waals surface area contributed by atoms with E-state index < -0.39 is 24.0 Å². The molecule has 0 amide bonds. The van der Waals surface area contributed by atoms with E-state index in [0.717, 1.165) is 31.7 Å². The number of benzene rings is 1. The molecule has 1 fully saturated rings. The highest BCUT2D eigenvalue weighted by molar-refractivity contribution is 5.59. The molecule has 1 unspecified atom stereocenters. The van der Waals surface area contributed by atoms with Crippen molar-refractivity contribution in [2.24, 2.45) is 0 Å². The Morgan fingerprint density at radius 3 is 2.63 bits per heavy atom. The molecule has 0 spiro atoms. The smallest absolute Gasteiger partial charge is 0.419 e. The maximum atomic E-state index is 13.6. The van der Waals surface area contributed by atoms with Gasteiger partial charge in [0.25, 0.3) is 0 Å². The molecule has 1 aromatic carbocycles. The summed E-state index contributed by atoms with van der Waals surface area (Å²) in [6.45, 7) is 2.55. The van der Waals surface area contributed by atoms with E-state index in [1.807, 2.05) is 0 Å². The van der Waals surface area contributed by atoms with Gasteiger partial charge in [0.05, 0.1) is 18.2 Å². The molecule has 1 saturated heterocycles. The Morgan fingerprint density at radius 1 is 1.17 bits per heavy atom. The van der Waals surface area contributed by atoms with Gasteiger partial charge in [-0.25, -0.2) is 4.39 Å². The first-order valence-electron chi connectivity index (χ1n) is 10.4. The van der Waals surface area contributed by atoms with Gasteiger partial charge in [0.2, 0.25) is 11.7 Å². The van der Waals surface area contributed by atoms with Gasteiger partial charge < -0.3 is 14.6 Å². The summed E-state index contributed by atoms with van der Waals surface area (Å²) in [4.78, 5) is 4.15. The Balaban J connectivity index is 1.66. The summed E-state index contributed by atoms with van der Waals surface area (Å²) in [5.41, 5.74) is -0.709. The molecule has 2 atom stereocenters. The van der Waals surface area contributed by atoms with Crippen LogP contribution >= 0.6 is 0 Å². The molecule has 1 aliphatic heterocycles. The van der Waals surface area contributed by atoms with Crippen LogP contribution in [0.1, 0.15) is 69.4 Å². The molecule has 30 heavy (non-hydrogen) atoms. The van der Waals surface area contributed by atoms with E-state index in [9.17, 15) is 17.6 Å². The molecule has 2 aromatic rings. The van der Waals surface area contributed by atoms with Gasteiger partial charge in [-0.2, -0.15) is 18.2 Å². The molecule has 2 heterocycles. The fraction of sp³-hybridized carbons (Fsp3) is 0.619. The van der Waals surface area contributed by atoms with E-state index in [1.54, 1.807) is 0 Å². The van der Waals surface area contributed by atoms with Crippen molar-refractivity contribution >= 4 is 0 Å². The van der Waals surface area contributed by atoms with Crippen molar-refractivity contribution in [3.63, 3.8) is 0 Å².